The van der Waals surface area contributed by atoms with Gasteiger partial charge in [-0.15, -0.1) is 0 Å². The molecule has 5 unspecified atom stereocenters. The molecule has 1 aromatic heterocycles. The number of halogens is 1. The largest absolute Gasteiger partial charge is 0.394 e. The number of carbonyl (C=O) groups excluding carboxylic acids is 1. The first-order valence-electron chi connectivity index (χ1n) is 6.17. The molecule has 21 heavy (non-hydrogen) atoms. The molecule has 0 bridgehead atoms. The Kier molecular flexibility index (Phi) is 3.63. The van der Waals surface area contributed by atoms with Gasteiger partial charge < -0.3 is 30.7 Å². The highest BCUT2D eigenvalue weighted by molar-refractivity contribution is 9.10. The van der Waals surface area contributed by atoms with Crippen molar-refractivity contribution in [1.82, 2.24) is 14.9 Å². The van der Waals surface area contributed by atoms with E-state index in [2.05, 4.69) is 31.5 Å². The standard InChI is InChI=1S/C10H14BrN5O5/c11-9-13-3-6(14-10(12)15-7(3)20)16(9)8-5(19)4(18)2(1-17)21-8/h2,4-5,8,10,14,17-19H,1,12H2,(H,15,20). The smallest absolute Gasteiger partial charge is 0.276 e. The lowest BCUT2D eigenvalue weighted by molar-refractivity contribution is -0.0529. The van der Waals surface area contributed by atoms with Crippen molar-refractivity contribution < 1.29 is 24.9 Å². The van der Waals surface area contributed by atoms with Crippen LogP contribution in [0, 0.1) is 0 Å². The minimum Gasteiger partial charge on any atom is -0.394 e. The summed E-state index contributed by atoms with van der Waals surface area (Å²) in [7, 11) is 0. The maximum atomic E-state index is 11.8. The summed E-state index contributed by atoms with van der Waals surface area (Å²) in [5, 5.41) is 34.3. The number of carbonyl (C=O) groups is 1. The first-order valence-corrected chi connectivity index (χ1v) is 6.96. The van der Waals surface area contributed by atoms with E-state index in [0.29, 0.717) is 0 Å². The third-order valence-electron chi connectivity index (χ3n) is 3.43. The Hall–Kier alpha value is -1.24. The van der Waals surface area contributed by atoms with E-state index in [1.165, 1.54) is 4.57 Å². The number of aliphatic hydroxyl groups excluding tert-OH is 3. The van der Waals surface area contributed by atoms with Gasteiger partial charge in [0.15, 0.2) is 22.9 Å². The zero-order chi connectivity index (χ0) is 15.3. The topological polar surface area (TPSA) is 155 Å². The number of nitrogens with zero attached hydrogens (tertiary/aromatic N) is 2. The Balaban J connectivity index is 2.02. The van der Waals surface area contributed by atoms with Crippen LogP contribution in [0.1, 0.15) is 16.7 Å². The Morgan fingerprint density at radius 3 is 2.71 bits per heavy atom. The molecule has 7 N–H and O–H groups in total. The highest BCUT2D eigenvalue weighted by atomic mass is 79.9. The van der Waals surface area contributed by atoms with Gasteiger partial charge in [-0.2, -0.15) is 0 Å². The van der Waals surface area contributed by atoms with Crippen LogP contribution in [0.5, 0.6) is 0 Å². The van der Waals surface area contributed by atoms with Crippen LogP contribution in [0.4, 0.5) is 5.82 Å². The summed E-state index contributed by atoms with van der Waals surface area (Å²) in [6, 6.07) is 0. The summed E-state index contributed by atoms with van der Waals surface area (Å²) in [6.07, 6.45) is -5.31. The monoisotopic (exact) mass is 363 g/mol. The molecule has 11 heteroatoms. The first-order chi connectivity index (χ1) is 9.93. The van der Waals surface area contributed by atoms with Crippen molar-refractivity contribution in [3.8, 4) is 0 Å². The number of hydrogen-bond acceptors (Lipinski definition) is 8. The number of rotatable bonds is 2. The Bertz CT molecular complexity index is 580. The minimum atomic E-state index is -1.29. The number of hydrogen-bond donors (Lipinski definition) is 6. The van der Waals surface area contributed by atoms with Gasteiger partial charge in [0.2, 0.25) is 0 Å². The lowest BCUT2D eigenvalue weighted by Crippen LogP contribution is -2.51. The van der Waals surface area contributed by atoms with E-state index in [0.717, 1.165) is 0 Å². The molecule has 0 aromatic carbocycles. The molecule has 2 aliphatic heterocycles. The summed E-state index contributed by atoms with van der Waals surface area (Å²) in [6.45, 7) is -0.448. The maximum Gasteiger partial charge on any atom is 0.276 e. The number of amides is 1. The van der Waals surface area contributed by atoms with Gasteiger partial charge in [-0.1, -0.05) is 0 Å². The lowest BCUT2D eigenvalue weighted by Gasteiger charge is -2.26. The molecule has 0 spiro atoms. The van der Waals surface area contributed by atoms with Crippen molar-refractivity contribution in [2.75, 3.05) is 11.9 Å². The third kappa shape index (κ3) is 2.22. The molecule has 10 nitrogen and oxygen atoms in total. The fourth-order valence-corrected chi connectivity index (χ4v) is 2.98. The van der Waals surface area contributed by atoms with Crippen LogP contribution in [-0.2, 0) is 4.74 Å². The third-order valence-corrected chi connectivity index (χ3v) is 3.99. The van der Waals surface area contributed by atoms with Gasteiger partial charge in [-0.05, 0) is 15.9 Å². The number of ether oxygens (including phenoxy) is 1. The average molecular weight is 364 g/mol. The molecule has 3 heterocycles. The summed E-state index contributed by atoms with van der Waals surface area (Å²) < 4.78 is 7.02. The SMILES string of the molecule is NC1NC(=O)c2nc(Br)n(C3OC(CO)C(O)C3O)c2N1. The fourth-order valence-electron chi connectivity index (χ4n) is 2.42. The summed E-state index contributed by atoms with van der Waals surface area (Å²) in [5.74, 6) is -0.213. The maximum absolute atomic E-state index is 11.8. The van der Waals surface area contributed by atoms with Crippen LogP contribution in [0.2, 0.25) is 0 Å². The number of fused-ring (bicyclic) bond motifs is 1. The van der Waals surface area contributed by atoms with Crippen LogP contribution in [0.15, 0.2) is 4.73 Å². The van der Waals surface area contributed by atoms with E-state index in [9.17, 15) is 15.0 Å². The highest BCUT2D eigenvalue weighted by Crippen LogP contribution is 2.36. The fraction of sp³-hybridized carbons (Fsp3) is 0.600. The molecule has 1 saturated heterocycles. The highest BCUT2D eigenvalue weighted by Gasteiger charge is 2.46. The predicted molar refractivity (Wildman–Crippen MR) is 72.0 cm³/mol. The molecule has 3 rings (SSSR count). The van der Waals surface area contributed by atoms with Gasteiger partial charge >= 0.3 is 0 Å². The molecular weight excluding hydrogens is 350 g/mol. The second-order valence-electron chi connectivity index (χ2n) is 4.77. The number of nitrogens with one attached hydrogen (secondary N) is 2. The molecule has 1 aromatic rings. The van der Waals surface area contributed by atoms with Crippen LogP contribution in [-0.4, -0.2) is 62.0 Å². The number of aliphatic hydroxyl groups is 3. The zero-order valence-corrected chi connectivity index (χ0v) is 12.2. The Morgan fingerprint density at radius 2 is 2.10 bits per heavy atom. The van der Waals surface area contributed by atoms with Gasteiger partial charge in [-0.3, -0.25) is 15.1 Å². The van der Waals surface area contributed by atoms with E-state index in [-0.39, 0.29) is 16.2 Å². The van der Waals surface area contributed by atoms with Crippen molar-refractivity contribution >= 4 is 27.7 Å². The van der Waals surface area contributed by atoms with E-state index in [1.807, 2.05) is 0 Å². The van der Waals surface area contributed by atoms with Crippen LogP contribution >= 0.6 is 15.9 Å². The van der Waals surface area contributed by atoms with Gasteiger partial charge in [0, 0.05) is 0 Å². The summed E-state index contributed by atoms with van der Waals surface area (Å²) in [4.78, 5) is 15.9. The van der Waals surface area contributed by atoms with E-state index >= 15 is 0 Å². The van der Waals surface area contributed by atoms with Gasteiger partial charge in [-0.25, -0.2) is 4.98 Å². The number of imidazole rings is 1. The number of aromatic nitrogens is 2. The first kappa shape index (κ1) is 14.7. The Morgan fingerprint density at radius 1 is 1.38 bits per heavy atom. The zero-order valence-electron chi connectivity index (χ0n) is 10.6. The molecule has 0 aliphatic carbocycles. The summed E-state index contributed by atoms with van der Waals surface area (Å²) >= 11 is 3.18. The minimum absolute atomic E-state index is 0.0845. The van der Waals surface area contributed by atoms with Crippen molar-refractivity contribution in [1.29, 1.82) is 0 Å². The second-order valence-corrected chi connectivity index (χ2v) is 5.48. The predicted octanol–water partition coefficient (Wildman–Crippen LogP) is -2.35. The lowest BCUT2D eigenvalue weighted by atomic mass is 10.1. The molecular formula is C10H14BrN5O5. The molecule has 2 aliphatic rings. The van der Waals surface area contributed by atoms with Gasteiger partial charge in [0.25, 0.3) is 5.91 Å². The van der Waals surface area contributed by atoms with Crippen molar-refractivity contribution in [2.45, 2.75) is 30.8 Å². The average Bonchev–Trinajstić information content (AvgIpc) is 2.89. The number of nitrogens with two attached hydrogens (primary N) is 1. The second kappa shape index (κ2) is 5.19. The quantitative estimate of drug-likeness (QED) is 0.341. The normalized spacial score (nSPS) is 35.3. The van der Waals surface area contributed by atoms with E-state index in [4.69, 9.17) is 15.6 Å². The number of anilines is 1. The van der Waals surface area contributed by atoms with Crippen molar-refractivity contribution in [3.05, 3.63) is 10.4 Å². The molecule has 1 fully saturated rings. The van der Waals surface area contributed by atoms with E-state index in [1.54, 1.807) is 0 Å². The van der Waals surface area contributed by atoms with Gasteiger partial charge in [0.05, 0.1) is 6.61 Å². The summed E-state index contributed by atoms with van der Waals surface area (Å²) in [5.41, 5.74) is 5.72. The molecule has 1 amide bonds. The van der Waals surface area contributed by atoms with E-state index < -0.39 is 43.3 Å². The molecule has 0 radical (unpaired) electrons. The van der Waals surface area contributed by atoms with Gasteiger partial charge in [0.1, 0.15) is 24.1 Å². The van der Waals surface area contributed by atoms with Crippen LogP contribution in [0.3, 0.4) is 0 Å². The molecule has 116 valence electrons. The van der Waals surface area contributed by atoms with Crippen molar-refractivity contribution in [2.24, 2.45) is 5.73 Å². The van der Waals surface area contributed by atoms with Crippen LogP contribution < -0.4 is 16.4 Å². The molecule has 5 atom stereocenters. The van der Waals surface area contributed by atoms with Crippen LogP contribution in [0.25, 0.3) is 0 Å². The molecule has 0 saturated carbocycles. The Labute approximate surface area is 127 Å². The van der Waals surface area contributed by atoms with Crippen molar-refractivity contribution in [3.63, 3.8) is 0 Å².